The Morgan fingerprint density at radius 1 is 1.50 bits per heavy atom. The Bertz CT molecular complexity index is 296. The Kier molecular flexibility index (Phi) is 2.64. The SMILES string of the molecule is C=C(Cl)C(=O)OCC1CC2C=CC1C2. The first-order valence-corrected chi connectivity index (χ1v) is 5.24. The standard InChI is InChI=1S/C11H13ClO2/c1-7(12)11(13)14-6-10-5-8-2-3-9(10)4-8/h2-3,8-10H,1,4-6H2. The van der Waals surface area contributed by atoms with Crippen molar-refractivity contribution >= 4 is 17.6 Å². The first-order chi connectivity index (χ1) is 6.66. The van der Waals surface area contributed by atoms with Gasteiger partial charge in [-0.2, -0.15) is 0 Å². The molecule has 0 heterocycles. The molecule has 0 aromatic carbocycles. The van der Waals surface area contributed by atoms with E-state index < -0.39 is 5.97 Å². The Hall–Kier alpha value is -0.760. The average Bonchev–Trinajstić information content (AvgIpc) is 2.74. The molecule has 76 valence electrons. The molecular weight excluding hydrogens is 200 g/mol. The van der Waals surface area contributed by atoms with E-state index in [0.717, 1.165) is 6.42 Å². The fraction of sp³-hybridized carbons (Fsp3) is 0.545. The summed E-state index contributed by atoms with van der Waals surface area (Å²) in [7, 11) is 0. The lowest BCUT2D eigenvalue weighted by Crippen LogP contribution is -2.17. The monoisotopic (exact) mass is 212 g/mol. The number of halogens is 1. The van der Waals surface area contributed by atoms with Crippen molar-refractivity contribution in [2.75, 3.05) is 6.61 Å². The van der Waals surface area contributed by atoms with E-state index in [4.69, 9.17) is 16.3 Å². The van der Waals surface area contributed by atoms with Gasteiger partial charge in [0.1, 0.15) is 5.03 Å². The van der Waals surface area contributed by atoms with Gasteiger partial charge in [-0.3, -0.25) is 0 Å². The van der Waals surface area contributed by atoms with Gasteiger partial charge >= 0.3 is 5.97 Å². The summed E-state index contributed by atoms with van der Waals surface area (Å²) in [5, 5.41) is -0.0382. The van der Waals surface area contributed by atoms with Crippen LogP contribution in [0, 0.1) is 17.8 Å². The van der Waals surface area contributed by atoms with E-state index >= 15 is 0 Å². The Labute approximate surface area is 88.6 Å². The predicted octanol–water partition coefficient (Wildman–Crippen LogP) is 2.49. The van der Waals surface area contributed by atoms with Crippen molar-refractivity contribution < 1.29 is 9.53 Å². The molecular formula is C11H13ClO2. The summed E-state index contributed by atoms with van der Waals surface area (Å²) >= 11 is 5.41. The normalized spacial score (nSPS) is 33.4. The van der Waals surface area contributed by atoms with Crippen molar-refractivity contribution in [3.05, 3.63) is 23.8 Å². The molecule has 2 bridgehead atoms. The van der Waals surface area contributed by atoms with Gasteiger partial charge in [0.15, 0.2) is 0 Å². The van der Waals surface area contributed by atoms with Crippen molar-refractivity contribution in [2.45, 2.75) is 12.8 Å². The van der Waals surface area contributed by atoms with Crippen LogP contribution in [0.2, 0.25) is 0 Å². The summed E-state index contributed by atoms with van der Waals surface area (Å²) in [5.41, 5.74) is 0. The third-order valence-corrected chi connectivity index (χ3v) is 3.22. The van der Waals surface area contributed by atoms with Crippen LogP contribution in [0.3, 0.4) is 0 Å². The molecule has 3 atom stereocenters. The minimum atomic E-state index is -0.488. The van der Waals surface area contributed by atoms with Crippen molar-refractivity contribution in [3.8, 4) is 0 Å². The predicted molar refractivity (Wildman–Crippen MR) is 54.8 cm³/mol. The van der Waals surface area contributed by atoms with Crippen LogP contribution >= 0.6 is 11.6 Å². The van der Waals surface area contributed by atoms with Gasteiger partial charge in [-0.25, -0.2) is 4.79 Å². The lowest BCUT2D eigenvalue weighted by Gasteiger charge is -2.17. The molecule has 2 nitrogen and oxygen atoms in total. The molecule has 2 rings (SSSR count). The summed E-state index contributed by atoms with van der Waals surface area (Å²) in [6.45, 7) is 3.81. The van der Waals surface area contributed by atoms with Crippen LogP contribution in [0.15, 0.2) is 23.8 Å². The second-order valence-corrected chi connectivity index (χ2v) is 4.50. The summed E-state index contributed by atoms with van der Waals surface area (Å²) in [6, 6.07) is 0. The third kappa shape index (κ3) is 1.85. The van der Waals surface area contributed by atoms with Crippen molar-refractivity contribution in [3.63, 3.8) is 0 Å². The summed E-state index contributed by atoms with van der Waals surface area (Å²) in [6.07, 6.45) is 6.87. The number of esters is 1. The molecule has 0 spiro atoms. The molecule has 0 N–H and O–H groups in total. The van der Waals surface area contributed by atoms with E-state index in [-0.39, 0.29) is 5.03 Å². The summed E-state index contributed by atoms with van der Waals surface area (Å²) in [4.78, 5) is 11.0. The van der Waals surface area contributed by atoms with E-state index in [0.29, 0.717) is 24.4 Å². The van der Waals surface area contributed by atoms with E-state index in [1.54, 1.807) is 0 Å². The Morgan fingerprint density at radius 3 is 2.79 bits per heavy atom. The number of hydrogen-bond acceptors (Lipinski definition) is 2. The first-order valence-electron chi connectivity index (χ1n) is 4.86. The highest BCUT2D eigenvalue weighted by Crippen LogP contribution is 2.43. The molecule has 0 aromatic heterocycles. The van der Waals surface area contributed by atoms with Crippen LogP contribution in [0.5, 0.6) is 0 Å². The number of ether oxygens (including phenoxy) is 1. The lowest BCUT2D eigenvalue weighted by molar-refractivity contribution is -0.139. The molecule has 0 amide bonds. The van der Waals surface area contributed by atoms with Crippen LogP contribution < -0.4 is 0 Å². The molecule has 2 aliphatic rings. The number of carbonyl (C=O) groups is 1. The Balaban J connectivity index is 1.80. The van der Waals surface area contributed by atoms with Gasteiger partial charge in [-0.1, -0.05) is 30.3 Å². The molecule has 3 unspecified atom stereocenters. The van der Waals surface area contributed by atoms with E-state index in [2.05, 4.69) is 18.7 Å². The zero-order chi connectivity index (χ0) is 10.1. The second kappa shape index (κ2) is 3.77. The smallest absolute Gasteiger partial charge is 0.349 e. The highest BCUT2D eigenvalue weighted by atomic mass is 35.5. The van der Waals surface area contributed by atoms with Gasteiger partial charge in [0.25, 0.3) is 0 Å². The van der Waals surface area contributed by atoms with E-state index in [9.17, 15) is 4.79 Å². The molecule has 0 aromatic rings. The highest BCUT2D eigenvalue weighted by Gasteiger charge is 2.36. The van der Waals surface area contributed by atoms with Crippen molar-refractivity contribution in [1.82, 2.24) is 0 Å². The van der Waals surface area contributed by atoms with Crippen LogP contribution in [-0.2, 0) is 9.53 Å². The van der Waals surface area contributed by atoms with E-state index in [1.807, 2.05) is 0 Å². The molecule has 1 fully saturated rings. The quantitative estimate of drug-likeness (QED) is 0.408. The minimum absolute atomic E-state index is 0.0382. The topological polar surface area (TPSA) is 26.3 Å². The maximum Gasteiger partial charge on any atom is 0.349 e. The average molecular weight is 213 g/mol. The zero-order valence-electron chi connectivity index (χ0n) is 7.91. The fourth-order valence-corrected chi connectivity index (χ4v) is 2.40. The maximum absolute atomic E-state index is 11.0. The third-order valence-electron chi connectivity index (χ3n) is 3.07. The highest BCUT2D eigenvalue weighted by molar-refractivity contribution is 6.40. The van der Waals surface area contributed by atoms with Gasteiger partial charge in [0, 0.05) is 0 Å². The van der Waals surface area contributed by atoms with Crippen molar-refractivity contribution in [2.24, 2.45) is 17.8 Å². The second-order valence-electron chi connectivity index (χ2n) is 4.04. The molecule has 0 radical (unpaired) electrons. The van der Waals surface area contributed by atoms with Crippen LogP contribution in [0.1, 0.15) is 12.8 Å². The number of fused-ring (bicyclic) bond motifs is 2. The van der Waals surface area contributed by atoms with Gasteiger partial charge in [-0.05, 0) is 30.6 Å². The lowest BCUT2D eigenvalue weighted by atomic mass is 9.95. The van der Waals surface area contributed by atoms with Crippen LogP contribution in [-0.4, -0.2) is 12.6 Å². The van der Waals surface area contributed by atoms with Gasteiger partial charge < -0.3 is 4.74 Å². The van der Waals surface area contributed by atoms with Crippen LogP contribution in [0.25, 0.3) is 0 Å². The molecule has 0 aliphatic heterocycles. The van der Waals surface area contributed by atoms with Crippen LogP contribution in [0.4, 0.5) is 0 Å². The van der Waals surface area contributed by atoms with Crippen molar-refractivity contribution in [1.29, 1.82) is 0 Å². The molecule has 3 heteroatoms. The number of allylic oxidation sites excluding steroid dienone is 2. The van der Waals surface area contributed by atoms with Gasteiger partial charge in [0.2, 0.25) is 0 Å². The molecule has 1 saturated carbocycles. The maximum atomic E-state index is 11.0. The Morgan fingerprint density at radius 2 is 2.29 bits per heavy atom. The molecule has 2 aliphatic carbocycles. The minimum Gasteiger partial charge on any atom is -0.461 e. The molecule has 14 heavy (non-hydrogen) atoms. The van der Waals surface area contributed by atoms with Gasteiger partial charge in [-0.15, -0.1) is 0 Å². The summed E-state index contributed by atoms with van der Waals surface area (Å²) in [5.74, 6) is 1.32. The van der Waals surface area contributed by atoms with E-state index in [1.165, 1.54) is 6.42 Å². The fourth-order valence-electron chi connectivity index (χ4n) is 2.35. The number of rotatable bonds is 3. The summed E-state index contributed by atoms with van der Waals surface area (Å²) < 4.78 is 5.04. The zero-order valence-corrected chi connectivity index (χ0v) is 8.67. The van der Waals surface area contributed by atoms with Gasteiger partial charge in [0.05, 0.1) is 6.61 Å². The first kappa shape index (κ1) is 9.78. The molecule has 0 saturated heterocycles. The number of hydrogen-bond donors (Lipinski definition) is 0. The largest absolute Gasteiger partial charge is 0.461 e. The number of carbonyl (C=O) groups excluding carboxylic acids is 1.